The highest BCUT2D eigenvalue weighted by molar-refractivity contribution is 7.92. The van der Waals surface area contributed by atoms with Gasteiger partial charge < -0.3 is 5.32 Å². The Labute approximate surface area is 163 Å². The first-order valence-corrected chi connectivity index (χ1v) is 10.0. The van der Waals surface area contributed by atoms with Crippen LogP contribution >= 0.6 is 0 Å². The summed E-state index contributed by atoms with van der Waals surface area (Å²) in [4.78, 5) is 12.3. The van der Waals surface area contributed by atoms with Crippen molar-refractivity contribution >= 4 is 27.3 Å². The van der Waals surface area contributed by atoms with Crippen LogP contribution in [0.5, 0.6) is 0 Å². The molecule has 0 spiro atoms. The predicted molar refractivity (Wildman–Crippen MR) is 108 cm³/mol. The summed E-state index contributed by atoms with van der Waals surface area (Å²) in [6.07, 6.45) is 0. The number of halogens is 1. The molecule has 0 radical (unpaired) electrons. The number of para-hydroxylation sites is 1. The Morgan fingerprint density at radius 3 is 2.21 bits per heavy atom. The number of hydrogen-bond acceptors (Lipinski definition) is 3. The number of aryl methyl sites for hydroxylation is 2. The number of amides is 1. The van der Waals surface area contributed by atoms with Crippen molar-refractivity contribution in [3.05, 3.63) is 89.2 Å². The maximum Gasteiger partial charge on any atom is 0.261 e. The zero-order valence-electron chi connectivity index (χ0n) is 15.4. The van der Waals surface area contributed by atoms with Crippen molar-refractivity contribution in [1.82, 2.24) is 0 Å². The van der Waals surface area contributed by atoms with Gasteiger partial charge in [0.1, 0.15) is 5.82 Å². The van der Waals surface area contributed by atoms with Crippen LogP contribution in [0.1, 0.15) is 21.5 Å². The molecule has 7 heteroatoms. The maximum absolute atomic E-state index is 13.7. The summed E-state index contributed by atoms with van der Waals surface area (Å²) < 4.78 is 40.7. The number of rotatable bonds is 5. The third kappa shape index (κ3) is 4.37. The van der Waals surface area contributed by atoms with Gasteiger partial charge in [-0.3, -0.25) is 9.52 Å². The van der Waals surface area contributed by atoms with E-state index in [1.54, 1.807) is 6.07 Å². The number of carbonyl (C=O) groups excluding carboxylic acids is 1. The first-order chi connectivity index (χ1) is 13.3. The molecule has 3 rings (SSSR count). The van der Waals surface area contributed by atoms with Gasteiger partial charge in [0.15, 0.2) is 0 Å². The van der Waals surface area contributed by atoms with Gasteiger partial charge in [0.2, 0.25) is 0 Å². The van der Waals surface area contributed by atoms with Gasteiger partial charge in [0.05, 0.1) is 10.6 Å². The minimum absolute atomic E-state index is 0.0708. The van der Waals surface area contributed by atoms with Crippen molar-refractivity contribution in [3.8, 4) is 0 Å². The summed E-state index contributed by atoms with van der Waals surface area (Å²) >= 11 is 0. The third-order valence-electron chi connectivity index (χ3n) is 4.31. The fourth-order valence-electron chi connectivity index (χ4n) is 2.56. The van der Waals surface area contributed by atoms with Crippen molar-refractivity contribution in [3.63, 3.8) is 0 Å². The van der Waals surface area contributed by atoms with Crippen molar-refractivity contribution in [1.29, 1.82) is 0 Å². The molecular formula is C21H19FN2O3S. The van der Waals surface area contributed by atoms with E-state index < -0.39 is 15.8 Å². The van der Waals surface area contributed by atoms with Crippen LogP contribution < -0.4 is 10.0 Å². The van der Waals surface area contributed by atoms with Gasteiger partial charge in [0.25, 0.3) is 15.9 Å². The van der Waals surface area contributed by atoms with E-state index in [1.165, 1.54) is 42.5 Å². The average Bonchev–Trinajstić information content (AvgIpc) is 2.66. The lowest BCUT2D eigenvalue weighted by Gasteiger charge is -2.10. The highest BCUT2D eigenvalue weighted by atomic mass is 32.2. The lowest BCUT2D eigenvalue weighted by Crippen LogP contribution is -2.15. The third-order valence-corrected chi connectivity index (χ3v) is 5.69. The van der Waals surface area contributed by atoms with Gasteiger partial charge in [0, 0.05) is 11.3 Å². The Hall–Kier alpha value is -3.19. The zero-order valence-corrected chi connectivity index (χ0v) is 16.2. The van der Waals surface area contributed by atoms with Crippen LogP contribution in [0.15, 0.2) is 71.6 Å². The second kappa shape index (κ2) is 7.82. The molecule has 0 fully saturated rings. The van der Waals surface area contributed by atoms with Crippen LogP contribution in [-0.2, 0) is 10.0 Å². The van der Waals surface area contributed by atoms with Gasteiger partial charge in [-0.25, -0.2) is 12.8 Å². The second-order valence-electron chi connectivity index (χ2n) is 6.36. The summed E-state index contributed by atoms with van der Waals surface area (Å²) in [6.45, 7) is 3.93. The van der Waals surface area contributed by atoms with Crippen molar-refractivity contribution < 1.29 is 17.6 Å². The first kappa shape index (κ1) is 19.6. The Bertz CT molecular complexity index is 1130. The molecule has 0 saturated carbocycles. The fourth-order valence-corrected chi connectivity index (χ4v) is 3.62. The zero-order chi connectivity index (χ0) is 20.3. The molecule has 28 heavy (non-hydrogen) atoms. The number of carbonyl (C=O) groups is 1. The van der Waals surface area contributed by atoms with Crippen LogP contribution in [-0.4, -0.2) is 14.3 Å². The Morgan fingerprint density at radius 2 is 1.57 bits per heavy atom. The van der Waals surface area contributed by atoms with Crippen molar-refractivity contribution in [2.75, 3.05) is 10.0 Å². The van der Waals surface area contributed by atoms with E-state index in [0.717, 1.165) is 17.2 Å². The monoisotopic (exact) mass is 398 g/mol. The Kier molecular flexibility index (Phi) is 5.46. The SMILES string of the molecule is Cc1ccc(NC(=O)c2ccc(S(=O)(=O)Nc3ccccc3F)cc2)cc1C. The lowest BCUT2D eigenvalue weighted by molar-refractivity contribution is 0.102. The maximum atomic E-state index is 13.7. The largest absolute Gasteiger partial charge is 0.322 e. The van der Waals surface area contributed by atoms with E-state index in [9.17, 15) is 17.6 Å². The van der Waals surface area contributed by atoms with Crippen molar-refractivity contribution in [2.45, 2.75) is 18.7 Å². The number of anilines is 2. The average molecular weight is 398 g/mol. The summed E-state index contributed by atoms with van der Waals surface area (Å²) in [5, 5.41) is 2.78. The summed E-state index contributed by atoms with van der Waals surface area (Å²) in [5.74, 6) is -1.02. The number of nitrogens with one attached hydrogen (secondary N) is 2. The van der Waals surface area contributed by atoms with E-state index in [0.29, 0.717) is 11.3 Å². The molecule has 144 valence electrons. The van der Waals surface area contributed by atoms with Gasteiger partial charge in [-0.2, -0.15) is 0 Å². The van der Waals surface area contributed by atoms with E-state index in [2.05, 4.69) is 10.0 Å². The molecule has 1 amide bonds. The smallest absolute Gasteiger partial charge is 0.261 e. The van der Waals surface area contributed by atoms with Crippen LogP contribution in [0.3, 0.4) is 0 Å². The predicted octanol–water partition coefficient (Wildman–Crippen LogP) is 4.50. The highest BCUT2D eigenvalue weighted by Crippen LogP contribution is 2.20. The molecule has 0 saturated heterocycles. The normalized spacial score (nSPS) is 11.1. The van der Waals surface area contributed by atoms with E-state index >= 15 is 0 Å². The van der Waals surface area contributed by atoms with Gasteiger partial charge >= 0.3 is 0 Å². The molecular weight excluding hydrogens is 379 g/mol. The first-order valence-electron chi connectivity index (χ1n) is 8.52. The molecule has 3 aromatic carbocycles. The molecule has 5 nitrogen and oxygen atoms in total. The fraction of sp³-hybridized carbons (Fsp3) is 0.0952. The van der Waals surface area contributed by atoms with E-state index in [4.69, 9.17) is 0 Å². The molecule has 0 bridgehead atoms. The molecule has 0 aromatic heterocycles. The van der Waals surface area contributed by atoms with Crippen LogP contribution in [0, 0.1) is 19.7 Å². The quantitative estimate of drug-likeness (QED) is 0.665. The molecule has 0 aliphatic heterocycles. The molecule has 0 atom stereocenters. The summed E-state index contributed by atoms with van der Waals surface area (Å²) in [7, 11) is -3.97. The lowest BCUT2D eigenvalue weighted by atomic mass is 10.1. The minimum atomic E-state index is -3.97. The Balaban J connectivity index is 1.76. The minimum Gasteiger partial charge on any atom is -0.322 e. The topological polar surface area (TPSA) is 75.3 Å². The Morgan fingerprint density at radius 1 is 0.893 bits per heavy atom. The van der Waals surface area contributed by atoms with Crippen LogP contribution in [0.25, 0.3) is 0 Å². The highest BCUT2D eigenvalue weighted by Gasteiger charge is 2.17. The number of hydrogen-bond donors (Lipinski definition) is 2. The van der Waals surface area contributed by atoms with Gasteiger partial charge in [-0.05, 0) is 73.5 Å². The van der Waals surface area contributed by atoms with Gasteiger partial charge in [-0.15, -0.1) is 0 Å². The van der Waals surface area contributed by atoms with E-state index in [1.807, 2.05) is 26.0 Å². The number of benzene rings is 3. The molecule has 0 aliphatic rings. The standard InChI is InChI=1S/C21H19FN2O3S/c1-14-7-10-17(13-15(14)2)23-21(25)16-8-11-18(12-9-16)28(26,27)24-20-6-4-3-5-19(20)22/h3-13,24H,1-2H3,(H,23,25). The summed E-state index contributed by atoms with van der Waals surface area (Å²) in [5.41, 5.74) is 3.00. The molecule has 0 unspecified atom stereocenters. The molecule has 0 heterocycles. The molecule has 0 aliphatic carbocycles. The molecule has 3 aromatic rings. The second-order valence-corrected chi connectivity index (χ2v) is 8.05. The summed E-state index contributed by atoms with van der Waals surface area (Å²) in [6, 6.07) is 16.5. The number of sulfonamides is 1. The van der Waals surface area contributed by atoms with E-state index in [-0.39, 0.29) is 16.5 Å². The van der Waals surface area contributed by atoms with Crippen molar-refractivity contribution in [2.24, 2.45) is 0 Å². The van der Waals surface area contributed by atoms with Crippen LogP contribution in [0.2, 0.25) is 0 Å². The van der Waals surface area contributed by atoms with Crippen LogP contribution in [0.4, 0.5) is 15.8 Å². The van der Waals surface area contributed by atoms with Gasteiger partial charge in [-0.1, -0.05) is 18.2 Å². The molecule has 2 N–H and O–H groups in total.